The van der Waals surface area contributed by atoms with Gasteiger partial charge in [0.2, 0.25) is 5.95 Å². The molecule has 6 heteroatoms. The lowest BCUT2D eigenvalue weighted by molar-refractivity contribution is -0.0827. The van der Waals surface area contributed by atoms with Crippen molar-refractivity contribution in [3.63, 3.8) is 0 Å². The van der Waals surface area contributed by atoms with Crippen LogP contribution >= 0.6 is 0 Å². The topological polar surface area (TPSA) is 61.7 Å². The Hall–Kier alpha value is -1.24. The molecule has 1 aromatic heterocycles. The van der Waals surface area contributed by atoms with Gasteiger partial charge in [-0.25, -0.2) is 9.97 Å². The maximum atomic E-state index is 10.8. The molecule has 1 aromatic rings. The van der Waals surface area contributed by atoms with Gasteiger partial charge in [0.05, 0.1) is 5.60 Å². The summed E-state index contributed by atoms with van der Waals surface area (Å²) in [7, 11) is 1.69. The fourth-order valence-corrected chi connectivity index (χ4v) is 3.81. The molecule has 2 aliphatic heterocycles. The standard InChI is InChI=1S/C18H30N4O2/c1-15-13-21(9-5-18(15,23)6-10-24-2)14-16-11-19-17(20-12-16)22-7-3-4-8-22/h11-12,15,23H,3-10,13-14H2,1-2H3/t15-,18-/m0/s1. The summed E-state index contributed by atoms with van der Waals surface area (Å²) in [6.45, 7) is 7.55. The number of piperidine rings is 1. The van der Waals surface area contributed by atoms with Crippen LogP contribution in [0.25, 0.3) is 0 Å². The highest BCUT2D eigenvalue weighted by Crippen LogP contribution is 2.31. The summed E-state index contributed by atoms with van der Waals surface area (Å²) in [5.74, 6) is 1.10. The minimum Gasteiger partial charge on any atom is -0.389 e. The second kappa shape index (κ2) is 7.76. The van der Waals surface area contributed by atoms with E-state index >= 15 is 0 Å². The first kappa shape index (κ1) is 17.6. The molecule has 1 N–H and O–H groups in total. The van der Waals surface area contributed by atoms with Gasteiger partial charge in [-0.15, -0.1) is 0 Å². The predicted molar refractivity (Wildman–Crippen MR) is 94.0 cm³/mol. The van der Waals surface area contributed by atoms with E-state index < -0.39 is 5.60 Å². The van der Waals surface area contributed by atoms with Crippen molar-refractivity contribution in [2.24, 2.45) is 5.92 Å². The van der Waals surface area contributed by atoms with Crippen molar-refractivity contribution < 1.29 is 9.84 Å². The summed E-state index contributed by atoms with van der Waals surface area (Å²) in [5, 5.41) is 10.8. The van der Waals surface area contributed by atoms with Crippen LogP contribution in [0.15, 0.2) is 12.4 Å². The van der Waals surface area contributed by atoms with Crippen LogP contribution in [0.3, 0.4) is 0 Å². The molecule has 3 heterocycles. The molecule has 0 aromatic carbocycles. The third-order valence-corrected chi connectivity index (χ3v) is 5.54. The predicted octanol–water partition coefficient (Wildman–Crippen LogP) is 1.69. The van der Waals surface area contributed by atoms with Crippen molar-refractivity contribution in [2.45, 2.75) is 44.8 Å². The molecule has 0 bridgehead atoms. The van der Waals surface area contributed by atoms with Crippen molar-refractivity contribution in [3.8, 4) is 0 Å². The molecular formula is C18H30N4O2. The van der Waals surface area contributed by atoms with E-state index in [9.17, 15) is 5.11 Å². The summed E-state index contributed by atoms with van der Waals surface area (Å²) < 4.78 is 5.14. The second-order valence-corrected chi connectivity index (χ2v) is 7.32. The van der Waals surface area contributed by atoms with Crippen LogP contribution in [0.4, 0.5) is 5.95 Å². The summed E-state index contributed by atoms with van der Waals surface area (Å²) in [4.78, 5) is 13.7. The van der Waals surface area contributed by atoms with Gasteiger partial charge in [0.25, 0.3) is 0 Å². The van der Waals surface area contributed by atoms with E-state index in [2.05, 4.69) is 26.7 Å². The lowest BCUT2D eigenvalue weighted by Gasteiger charge is -2.43. The minimum atomic E-state index is -0.595. The lowest BCUT2D eigenvalue weighted by Crippen LogP contribution is -2.51. The molecule has 6 nitrogen and oxygen atoms in total. The number of aliphatic hydroxyl groups is 1. The Kier molecular flexibility index (Phi) is 5.69. The third-order valence-electron chi connectivity index (χ3n) is 5.54. The average molecular weight is 334 g/mol. The molecule has 2 atom stereocenters. The normalized spacial score (nSPS) is 28.5. The van der Waals surface area contributed by atoms with Crippen molar-refractivity contribution in [1.29, 1.82) is 0 Å². The lowest BCUT2D eigenvalue weighted by atomic mass is 9.80. The molecule has 0 spiro atoms. The SMILES string of the molecule is COCC[C@@]1(O)CCN(Cc2cnc(N3CCCC3)nc2)C[C@@H]1C. The van der Waals surface area contributed by atoms with Gasteiger partial charge in [0.1, 0.15) is 0 Å². The zero-order valence-electron chi connectivity index (χ0n) is 14.9. The fourth-order valence-electron chi connectivity index (χ4n) is 3.81. The Morgan fingerprint density at radius 2 is 1.96 bits per heavy atom. The molecule has 0 unspecified atom stereocenters. The molecule has 0 amide bonds. The summed E-state index contributed by atoms with van der Waals surface area (Å²) in [5.41, 5.74) is 0.551. The number of rotatable bonds is 6. The third kappa shape index (κ3) is 4.05. The van der Waals surface area contributed by atoms with Crippen molar-refractivity contribution in [3.05, 3.63) is 18.0 Å². The first-order valence-electron chi connectivity index (χ1n) is 9.10. The first-order chi connectivity index (χ1) is 11.6. The number of likely N-dealkylation sites (tertiary alicyclic amines) is 1. The molecular weight excluding hydrogens is 304 g/mol. The molecule has 0 radical (unpaired) electrons. The molecule has 0 saturated carbocycles. The Bertz CT molecular complexity index is 518. The van der Waals surface area contributed by atoms with Crippen molar-refractivity contribution in [1.82, 2.24) is 14.9 Å². The highest BCUT2D eigenvalue weighted by molar-refractivity contribution is 5.30. The highest BCUT2D eigenvalue weighted by atomic mass is 16.5. The van der Waals surface area contributed by atoms with Crippen LogP contribution < -0.4 is 4.90 Å². The van der Waals surface area contributed by atoms with Crippen LogP contribution in [-0.4, -0.2) is 65.5 Å². The molecule has 134 valence electrons. The summed E-state index contributed by atoms with van der Waals surface area (Å²) in [6.07, 6.45) is 7.90. The van der Waals surface area contributed by atoms with Crippen molar-refractivity contribution in [2.75, 3.05) is 44.8 Å². The van der Waals surface area contributed by atoms with Gasteiger partial charge in [-0.05, 0) is 31.6 Å². The fraction of sp³-hybridized carbons (Fsp3) is 0.778. The number of hydrogen-bond acceptors (Lipinski definition) is 6. The van der Waals surface area contributed by atoms with E-state index in [1.807, 2.05) is 12.4 Å². The van der Waals surface area contributed by atoms with Crippen LogP contribution in [0, 0.1) is 5.92 Å². The first-order valence-corrected chi connectivity index (χ1v) is 9.10. The van der Waals surface area contributed by atoms with E-state index in [4.69, 9.17) is 4.74 Å². The van der Waals surface area contributed by atoms with E-state index in [0.717, 1.165) is 50.7 Å². The van der Waals surface area contributed by atoms with Gasteiger partial charge in [-0.3, -0.25) is 4.90 Å². The van der Waals surface area contributed by atoms with E-state index in [-0.39, 0.29) is 5.92 Å². The molecule has 0 aliphatic carbocycles. The van der Waals surface area contributed by atoms with E-state index in [0.29, 0.717) is 13.0 Å². The maximum Gasteiger partial charge on any atom is 0.225 e. The number of anilines is 1. The number of aromatic nitrogens is 2. The Labute approximate surface area is 144 Å². The minimum absolute atomic E-state index is 0.242. The molecule has 2 saturated heterocycles. The Morgan fingerprint density at radius 1 is 1.25 bits per heavy atom. The smallest absolute Gasteiger partial charge is 0.225 e. The molecule has 2 fully saturated rings. The van der Waals surface area contributed by atoms with Gasteiger partial charge in [0, 0.05) is 64.4 Å². The Morgan fingerprint density at radius 3 is 2.58 bits per heavy atom. The summed E-state index contributed by atoms with van der Waals surface area (Å²) >= 11 is 0. The average Bonchev–Trinajstić information content (AvgIpc) is 3.12. The monoisotopic (exact) mass is 334 g/mol. The van der Waals surface area contributed by atoms with E-state index in [1.165, 1.54) is 12.8 Å². The largest absolute Gasteiger partial charge is 0.389 e. The van der Waals surface area contributed by atoms with Crippen LogP contribution in [0.1, 0.15) is 38.2 Å². The van der Waals surface area contributed by atoms with Crippen LogP contribution in [0.5, 0.6) is 0 Å². The maximum absolute atomic E-state index is 10.8. The van der Waals surface area contributed by atoms with Gasteiger partial charge < -0.3 is 14.7 Å². The number of nitrogens with zero attached hydrogens (tertiary/aromatic N) is 4. The van der Waals surface area contributed by atoms with Gasteiger partial charge in [-0.1, -0.05) is 6.92 Å². The summed E-state index contributed by atoms with van der Waals surface area (Å²) in [6, 6.07) is 0. The Balaban J connectivity index is 1.53. The number of methoxy groups -OCH3 is 1. The quantitative estimate of drug-likeness (QED) is 0.854. The zero-order valence-corrected chi connectivity index (χ0v) is 14.9. The highest BCUT2D eigenvalue weighted by Gasteiger charge is 2.38. The van der Waals surface area contributed by atoms with Crippen LogP contribution in [-0.2, 0) is 11.3 Å². The second-order valence-electron chi connectivity index (χ2n) is 7.32. The number of hydrogen-bond donors (Lipinski definition) is 1. The molecule has 24 heavy (non-hydrogen) atoms. The van der Waals surface area contributed by atoms with Crippen molar-refractivity contribution >= 4 is 5.95 Å². The van der Waals surface area contributed by atoms with E-state index in [1.54, 1.807) is 7.11 Å². The van der Waals surface area contributed by atoms with Gasteiger partial charge in [0.15, 0.2) is 0 Å². The molecule has 3 rings (SSSR count). The zero-order chi connectivity index (χ0) is 17.0. The van der Waals surface area contributed by atoms with Gasteiger partial charge in [-0.2, -0.15) is 0 Å². The molecule has 2 aliphatic rings. The number of ether oxygens (including phenoxy) is 1. The van der Waals surface area contributed by atoms with Crippen LogP contribution in [0.2, 0.25) is 0 Å². The van der Waals surface area contributed by atoms with Gasteiger partial charge >= 0.3 is 0 Å².